The van der Waals surface area contributed by atoms with Gasteiger partial charge in [0.25, 0.3) is 15.9 Å². The zero-order valence-electron chi connectivity index (χ0n) is 15.9. The quantitative estimate of drug-likeness (QED) is 0.403. The van der Waals surface area contributed by atoms with Crippen LogP contribution in [-0.4, -0.2) is 19.3 Å². The van der Waals surface area contributed by atoms with E-state index in [0.29, 0.717) is 22.5 Å². The van der Waals surface area contributed by atoms with Gasteiger partial charge in [0.15, 0.2) is 5.13 Å². The summed E-state index contributed by atoms with van der Waals surface area (Å²) in [5.41, 5.74) is 8.90. The van der Waals surface area contributed by atoms with Crippen molar-refractivity contribution in [3.05, 3.63) is 77.9 Å². The number of nitrogens with one attached hydrogen (secondary N) is 2. The summed E-state index contributed by atoms with van der Waals surface area (Å²) in [6.45, 7) is 1.89. The van der Waals surface area contributed by atoms with E-state index in [2.05, 4.69) is 15.0 Å². The minimum absolute atomic E-state index is 0.170. The van der Waals surface area contributed by atoms with Gasteiger partial charge in [-0.05, 0) is 61.5 Å². The van der Waals surface area contributed by atoms with E-state index in [1.54, 1.807) is 66.7 Å². The average molecular weight is 439 g/mol. The van der Waals surface area contributed by atoms with Crippen molar-refractivity contribution < 1.29 is 13.2 Å². The van der Waals surface area contributed by atoms with E-state index in [1.165, 1.54) is 11.3 Å². The van der Waals surface area contributed by atoms with E-state index in [4.69, 9.17) is 5.73 Å². The van der Waals surface area contributed by atoms with Gasteiger partial charge >= 0.3 is 0 Å². The third-order valence-corrected chi connectivity index (χ3v) is 6.79. The van der Waals surface area contributed by atoms with E-state index in [-0.39, 0.29) is 15.9 Å². The highest BCUT2D eigenvalue weighted by atomic mass is 32.2. The summed E-state index contributed by atoms with van der Waals surface area (Å²) in [6.07, 6.45) is 0. The van der Waals surface area contributed by atoms with Gasteiger partial charge in [-0.15, -0.1) is 0 Å². The first-order chi connectivity index (χ1) is 14.3. The van der Waals surface area contributed by atoms with Crippen molar-refractivity contribution in [2.75, 3.05) is 15.8 Å². The van der Waals surface area contributed by atoms with Crippen LogP contribution in [0.3, 0.4) is 0 Å². The Labute approximate surface area is 177 Å². The van der Waals surface area contributed by atoms with Crippen LogP contribution >= 0.6 is 11.3 Å². The number of hydrogen-bond acceptors (Lipinski definition) is 6. The summed E-state index contributed by atoms with van der Waals surface area (Å²) >= 11 is 1.19. The number of nitrogens with zero attached hydrogens (tertiary/aromatic N) is 1. The lowest BCUT2D eigenvalue weighted by molar-refractivity contribution is 0.102. The normalized spacial score (nSPS) is 11.4. The first kappa shape index (κ1) is 19.9. The standard InChI is InChI=1S/C21H18N4O3S2/c1-13-2-9-17(10-3-13)30(27,28)25-21-24-18-11-8-16(12-19(18)29-21)23-20(26)14-4-6-15(22)7-5-14/h2-12H,22H2,1H3,(H,23,26)(H,24,25). The van der Waals surface area contributed by atoms with Crippen molar-refractivity contribution in [3.63, 3.8) is 0 Å². The number of thiazole rings is 1. The molecule has 0 bridgehead atoms. The Bertz CT molecular complexity index is 1330. The summed E-state index contributed by atoms with van der Waals surface area (Å²) in [5, 5.41) is 3.08. The fraction of sp³-hybridized carbons (Fsp3) is 0.0476. The molecule has 7 nitrogen and oxygen atoms in total. The smallest absolute Gasteiger partial charge is 0.263 e. The van der Waals surface area contributed by atoms with Gasteiger partial charge in [0.05, 0.1) is 15.1 Å². The molecule has 0 aliphatic rings. The number of sulfonamides is 1. The second-order valence-corrected chi connectivity index (χ2v) is 9.41. The lowest BCUT2D eigenvalue weighted by Crippen LogP contribution is -2.12. The number of amides is 1. The highest BCUT2D eigenvalue weighted by molar-refractivity contribution is 7.93. The second-order valence-electron chi connectivity index (χ2n) is 6.70. The Kier molecular flexibility index (Phi) is 5.15. The van der Waals surface area contributed by atoms with Crippen LogP contribution in [-0.2, 0) is 10.0 Å². The summed E-state index contributed by atoms with van der Waals surface area (Å²) in [5.74, 6) is -0.265. The number of carbonyl (C=O) groups is 1. The summed E-state index contributed by atoms with van der Waals surface area (Å²) in [7, 11) is -3.73. The number of aryl methyl sites for hydroxylation is 1. The first-order valence-corrected chi connectivity index (χ1v) is 11.3. The molecule has 4 aromatic rings. The zero-order valence-corrected chi connectivity index (χ0v) is 17.5. The molecule has 152 valence electrons. The molecule has 0 spiro atoms. The van der Waals surface area contributed by atoms with Crippen molar-refractivity contribution in [1.82, 2.24) is 4.98 Å². The van der Waals surface area contributed by atoms with E-state index >= 15 is 0 Å². The number of rotatable bonds is 5. The van der Waals surface area contributed by atoms with Crippen LogP contribution in [0.25, 0.3) is 10.2 Å². The Balaban J connectivity index is 1.54. The third kappa shape index (κ3) is 4.27. The predicted molar refractivity (Wildman–Crippen MR) is 120 cm³/mol. The molecular formula is C21H18N4O3S2. The highest BCUT2D eigenvalue weighted by Gasteiger charge is 2.17. The number of nitrogen functional groups attached to an aromatic ring is 1. The molecule has 3 aromatic carbocycles. The van der Waals surface area contributed by atoms with Crippen molar-refractivity contribution in [3.8, 4) is 0 Å². The van der Waals surface area contributed by atoms with E-state index < -0.39 is 10.0 Å². The predicted octanol–water partition coefficient (Wildman–Crippen LogP) is 4.24. The maximum Gasteiger partial charge on any atom is 0.263 e. The third-order valence-electron chi connectivity index (χ3n) is 4.37. The van der Waals surface area contributed by atoms with Gasteiger partial charge in [-0.1, -0.05) is 29.0 Å². The minimum Gasteiger partial charge on any atom is -0.399 e. The van der Waals surface area contributed by atoms with Crippen LogP contribution in [0.1, 0.15) is 15.9 Å². The molecule has 1 amide bonds. The first-order valence-electron chi connectivity index (χ1n) is 8.97. The maximum atomic E-state index is 12.6. The molecule has 0 aliphatic heterocycles. The monoisotopic (exact) mass is 438 g/mol. The van der Waals surface area contributed by atoms with Crippen molar-refractivity contribution in [2.24, 2.45) is 0 Å². The van der Waals surface area contributed by atoms with Gasteiger partial charge in [0, 0.05) is 16.9 Å². The molecular weight excluding hydrogens is 420 g/mol. The molecule has 0 atom stereocenters. The average Bonchev–Trinajstić information content (AvgIpc) is 3.09. The molecule has 4 N–H and O–H groups in total. The van der Waals surface area contributed by atoms with Gasteiger partial charge in [-0.2, -0.15) is 0 Å². The van der Waals surface area contributed by atoms with Crippen LogP contribution in [0.5, 0.6) is 0 Å². The van der Waals surface area contributed by atoms with Crippen molar-refractivity contribution >= 4 is 54.0 Å². The Morgan fingerprint density at radius 2 is 1.70 bits per heavy atom. The largest absolute Gasteiger partial charge is 0.399 e. The Hall–Kier alpha value is -3.43. The molecule has 30 heavy (non-hydrogen) atoms. The van der Waals surface area contributed by atoms with Crippen LogP contribution in [0.15, 0.2) is 71.6 Å². The van der Waals surface area contributed by atoms with Gasteiger partial charge in [0.2, 0.25) is 0 Å². The second kappa shape index (κ2) is 7.77. The minimum atomic E-state index is -3.73. The number of aromatic nitrogens is 1. The van der Waals surface area contributed by atoms with Gasteiger partial charge in [-0.3, -0.25) is 9.52 Å². The number of carbonyl (C=O) groups excluding carboxylic acids is 1. The number of benzene rings is 3. The van der Waals surface area contributed by atoms with Crippen LogP contribution in [0.2, 0.25) is 0 Å². The molecule has 0 radical (unpaired) electrons. The molecule has 0 fully saturated rings. The van der Waals surface area contributed by atoms with Crippen molar-refractivity contribution in [1.29, 1.82) is 0 Å². The zero-order chi connectivity index (χ0) is 21.3. The molecule has 1 aromatic heterocycles. The fourth-order valence-corrected chi connectivity index (χ4v) is 4.92. The molecule has 0 unspecified atom stereocenters. The molecule has 0 saturated heterocycles. The summed E-state index contributed by atoms with van der Waals surface area (Å²) < 4.78 is 28.4. The molecule has 9 heteroatoms. The highest BCUT2D eigenvalue weighted by Crippen LogP contribution is 2.30. The molecule has 0 saturated carbocycles. The van der Waals surface area contributed by atoms with E-state index in [1.807, 2.05) is 6.92 Å². The number of anilines is 3. The van der Waals surface area contributed by atoms with E-state index in [0.717, 1.165) is 10.3 Å². The Morgan fingerprint density at radius 1 is 1.00 bits per heavy atom. The summed E-state index contributed by atoms with van der Waals surface area (Å²) in [6, 6.07) is 18.4. The summed E-state index contributed by atoms with van der Waals surface area (Å²) in [4.78, 5) is 16.9. The number of fused-ring (bicyclic) bond motifs is 1. The SMILES string of the molecule is Cc1ccc(S(=O)(=O)Nc2nc3ccc(NC(=O)c4ccc(N)cc4)cc3s2)cc1. The maximum absolute atomic E-state index is 12.6. The van der Waals surface area contributed by atoms with E-state index in [9.17, 15) is 13.2 Å². The van der Waals surface area contributed by atoms with Crippen LogP contribution in [0.4, 0.5) is 16.5 Å². The fourth-order valence-electron chi connectivity index (χ4n) is 2.78. The number of nitrogens with two attached hydrogens (primary N) is 1. The Morgan fingerprint density at radius 3 is 2.40 bits per heavy atom. The van der Waals surface area contributed by atoms with Crippen LogP contribution in [0, 0.1) is 6.92 Å². The molecule has 4 rings (SSSR count). The topological polar surface area (TPSA) is 114 Å². The van der Waals surface area contributed by atoms with Gasteiger partial charge < -0.3 is 11.1 Å². The molecule has 0 aliphatic carbocycles. The number of hydrogen-bond donors (Lipinski definition) is 3. The lowest BCUT2D eigenvalue weighted by atomic mass is 10.2. The molecule has 1 heterocycles. The van der Waals surface area contributed by atoms with Crippen LogP contribution < -0.4 is 15.8 Å². The van der Waals surface area contributed by atoms with Crippen molar-refractivity contribution in [2.45, 2.75) is 11.8 Å². The van der Waals surface area contributed by atoms with Gasteiger partial charge in [0.1, 0.15) is 0 Å². The lowest BCUT2D eigenvalue weighted by Gasteiger charge is -2.05. The van der Waals surface area contributed by atoms with Gasteiger partial charge in [-0.25, -0.2) is 13.4 Å².